The average Bonchev–Trinajstić information content (AvgIpc) is 2.52. The van der Waals surface area contributed by atoms with Gasteiger partial charge in [0.2, 0.25) is 0 Å². The highest BCUT2D eigenvalue weighted by molar-refractivity contribution is 6.41. The minimum absolute atomic E-state index is 0.161. The minimum Gasteiger partial charge on any atom is -0.347 e. The van der Waals surface area contributed by atoms with E-state index in [9.17, 15) is 14.0 Å². The van der Waals surface area contributed by atoms with Crippen LogP contribution in [0, 0.1) is 19.7 Å². The van der Waals surface area contributed by atoms with Gasteiger partial charge in [-0.1, -0.05) is 35.9 Å². The van der Waals surface area contributed by atoms with Crippen molar-refractivity contribution in [1.29, 1.82) is 0 Å². The van der Waals surface area contributed by atoms with Crippen LogP contribution >= 0.6 is 11.6 Å². The van der Waals surface area contributed by atoms with Gasteiger partial charge in [-0.05, 0) is 49.1 Å². The standard InChI is InChI=1S/C18H18ClFN2O2/c1-11-9-12(2)16(14(19)10-11)22-18(24)17(23)21-8-7-13-5-3-4-6-15(13)20/h3-6,9-10H,7-8H2,1-2H3,(H,21,23)(H,22,24). The van der Waals surface area contributed by atoms with Crippen LogP contribution in [-0.2, 0) is 16.0 Å². The Balaban J connectivity index is 1.91. The molecule has 0 spiro atoms. The number of amides is 2. The molecule has 0 heterocycles. The molecule has 2 rings (SSSR count). The molecule has 24 heavy (non-hydrogen) atoms. The number of benzene rings is 2. The van der Waals surface area contributed by atoms with E-state index < -0.39 is 11.8 Å². The van der Waals surface area contributed by atoms with Gasteiger partial charge in [0.05, 0.1) is 10.7 Å². The van der Waals surface area contributed by atoms with Gasteiger partial charge in [0.15, 0.2) is 0 Å². The third-order valence-electron chi connectivity index (χ3n) is 3.51. The maximum Gasteiger partial charge on any atom is 0.313 e. The molecule has 0 saturated heterocycles. The lowest BCUT2D eigenvalue weighted by Crippen LogP contribution is -2.36. The number of halogens is 2. The van der Waals surface area contributed by atoms with Gasteiger partial charge in [-0.15, -0.1) is 0 Å². The van der Waals surface area contributed by atoms with Crippen LogP contribution < -0.4 is 10.6 Å². The van der Waals surface area contributed by atoms with E-state index in [0.717, 1.165) is 11.1 Å². The molecule has 0 aliphatic carbocycles. The van der Waals surface area contributed by atoms with Gasteiger partial charge in [0.1, 0.15) is 5.82 Å². The zero-order valence-corrected chi connectivity index (χ0v) is 14.2. The van der Waals surface area contributed by atoms with E-state index in [-0.39, 0.29) is 12.4 Å². The Morgan fingerprint density at radius 2 is 1.83 bits per heavy atom. The molecule has 2 aromatic carbocycles. The van der Waals surface area contributed by atoms with Crippen molar-refractivity contribution in [3.63, 3.8) is 0 Å². The average molecular weight is 349 g/mol. The summed E-state index contributed by atoms with van der Waals surface area (Å²) in [5.41, 5.74) is 2.63. The van der Waals surface area contributed by atoms with Crippen LogP contribution in [0.4, 0.5) is 10.1 Å². The van der Waals surface area contributed by atoms with Gasteiger partial charge in [-0.3, -0.25) is 9.59 Å². The normalized spacial score (nSPS) is 10.3. The lowest BCUT2D eigenvalue weighted by molar-refractivity contribution is -0.136. The van der Waals surface area contributed by atoms with E-state index in [1.54, 1.807) is 31.2 Å². The van der Waals surface area contributed by atoms with Crippen LogP contribution in [0.1, 0.15) is 16.7 Å². The van der Waals surface area contributed by atoms with Gasteiger partial charge in [0.25, 0.3) is 0 Å². The van der Waals surface area contributed by atoms with Crippen LogP contribution in [0.3, 0.4) is 0 Å². The van der Waals surface area contributed by atoms with Gasteiger partial charge >= 0.3 is 11.8 Å². The van der Waals surface area contributed by atoms with Gasteiger partial charge in [-0.25, -0.2) is 4.39 Å². The number of rotatable bonds is 4. The summed E-state index contributed by atoms with van der Waals surface area (Å²) in [5, 5.41) is 5.35. The zero-order valence-electron chi connectivity index (χ0n) is 13.5. The summed E-state index contributed by atoms with van der Waals surface area (Å²) < 4.78 is 13.5. The number of aryl methyl sites for hydroxylation is 2. The van der Waals surface area contributed by atoms with Crippen LogP contribution in [0.15, 0.2) is 36.4 Å². The van der Waals surface area contributed by atoms with Crippen molar-refractivity contribution in [2.24, 2.45) is 0 Å². The molecule has 0 atom stereocenters. The highest BCUT2D eigenvalue weighted by Crippen LogP contribution is 2.27. The minimum atomic E-state index is -0.808. The quantitative estimate of drug-likeness (QED) is 0.832. The maximum atomic E-state index is 13.5. The van der Waals surface area contributed by atoms with E-state index >= 15 is 0 Å². The van der Waals surface area contributed by atoms with E-state index in [1.165, 1.54) is 6.07 Å². The van der Waals surface area contributed by atoms with Crippen LogP contribution in [0.5, 0.6) is 0 Å². The Hall–Kier alpha value is -2.40. The molecule has 2 aromatic rings. The van der Waals surface area contributed by atoms with Crippen molar-refractivity contribution in [3.8, 4) is 0 Å². The number of hydrogen-bond donors (Lipinski definition) is 2. The van der Waals surface area contributed by atoms with Crippen molar-refractivity contribution in [3.05, 3.63) is 63.9 Å². The first-order valence-electron chi connectivity index (χ1n) is 7.48. The molecule has 2 N–H and O–H groups in total. The molecule has 0 aliphatic heterocycles. The third kappa shape index (κ3) is 4.55. The topological polar surface area (TPSA) is 58.2 Å². The Morgan fingerprint density at radius 3 is 2.50 bits per heavy atom. The lowest BCUT2D eigenvalue weighted by atomic mass is 10.1. The lowest BCUT2D eigenvalue weighted by Gasteiger charge is -2.11. The van der Waals surface area contributed by atoms with Crippen molar-refractivity contribution >= 4 is 29.1 Å². The monoisotopic (exact) mass is 348 g/mol. The summed E-state index contributed by atoms with van der Waals surface area (Å²) in [4.78, 5) is 23.8. The fourth-order valence-corrected chi connectivity index (χ4v) is 2.70. The molecule has 126 valence electrons. The molecule has 0 radical (unpaired) electrons. The van der Waals surface area contributed by atoms with E-state index in [2.05, 4.69) is 10.6 Å². The van der Waals surface area contributed by atoms with E-state index in [4.69, 9.17) is 11.6 Å². The zero-order chi connectivity index (χ0) is 17.7. The molecule has 6 heteroatoms. The second-order valence-corrected chi connectivity index (χ2v) is 5.90. The number of carbonyl (C=O) groups is 2. The Bertz CT molecular complexity index is 754. The number of anilines is 1. The predicted molar refractivity (Wildman–Crippen MR) is 92.7 cm³/mol. The summed E-state index contributed by atoms with van der Waals surface area (Å²) >= 11 is 6.10. The second-order valence-electron chi connectivity index (χ2n) is 5.49. The Morgan fingerprint density at radius 1 is 1.12 bits per heavy atom. The van der Waals surface area contributed by atoms with Gasteiger partial charge < -0.3 is 10.6 Å². The summed E-state index contributed by atoms with van der Waals surface area (Å²) in [7, 11) is 0. The largest absolute Gasteiger partial charge is 0.347 e. The molecule has 0 aliphatic rings. The highest BCUT2D eigenvalue weighted by Gasteiger charge is 2.16. The van der Waals surface area contributed by atoms with Crippen LogP contribution in [0.25, 0.3) is 0 Å². The molecule has 0 saturated carbocycles. The summed E-state index contributed by atoms with van der Waals surface area (Å²) in [6.45, 7) is 3.85. The third-order valence-corrected chi connectivity index (χ3v) is 3.81. The SMILES string of the molecule is Cc1cc(C)c(NC(=O)C(=O)NCCc2ccccc2F)c(Cl)c1. The first-order chi connectivity index (χ1) is 11.4. The Kier molecular flexibility index (Phi) is 5.93. The first kappa shape index (κ1) is 17.9. The second kappa shape index (κ2) is 7.93. The molecule has 2 amide bonds. The van der Waals surface area contributed by atoms with Crippen molar-refractivity contribution in [2.45, 2.75) is 20.3 Å². The Labute approximate surface area is 145 Å². The highest BCUT2D eigenvalue weighted by atomic mass is 35.5. The van der Waals surface area contributed by atoms with E-state index in [1.807, 2.05) is 13.0 Å². The van der Waals surface area contributed by atoms with Crippen molar-refractivity contribution in [2.75, 3.05) is 11.9 Å². The fourth-order valence-electron chi connectivity index (χ4n) is 2.34. The predicted octanol–water partition coefficient (Wildman–Crippen LogP) is 3.39. The molecule has 0 fully saturated rings. The molecule has 0 aromatic heterocycles. The van der Waals surface area contributed by atoms with Crippen molar-refractivity contribution in [1.82, 2.24) is 5.32 Å². The molecule has 4 nitrogen and oxygen atoms in total. The number of hydrogen-bond acceptors (Lipinski definition) is 2. The summed E-state index contributed by atoms with van der Waals surface area (Å²) in [6.07, 6.45) is 0.302. The fraction of sp³-hybridized carbons (Fsp3) is 0.222. The molecule has 0 bridgehead atoms. The van der Waals surface area contributed by atoms with Gasteiger partial charge in [0, 0.05) is 6.54 Å². The first-order valence-corrected chi connectivity index (χ1v) is 7.85. The van der Waals surface area contributed by atoms with Crippen LogP contribution in [-0.4, -0.2) is 18.4 Å². The maximum absolute atomic E-state index is 13.5. The van der Waals surface area contributed by atoms with Crippen molar-refractivity contribution < 1.29 is 14.0 Å². The smallest absolute Gasteiger partial charge is 0.313 e. The van der Waals surface area contributed by atoms with Crippen LogP contribution in [0.2, 0.25) is 5.02 Å². The number of carbonyl (C=O) groups excluding carboxylic acids is 2. The van der Waals surface area contributed by atoms with Gasteiger partial charge in [-0.2, -0.15) is 0 Å². The molecular weight excluding hydrogens is 331 g/mol. The molecular formula is C18H18ClFN2O2. The summed E-state index contributed by atoms with van der Waals surface area (Å²) in [5.74, 6) is -1.93. The number of nitrogens with one attached hydrogen (secondary N) is 2. The summed E-state index contributed by atoms with van der Waals surface area (Å²) in [6, 6.07) is 9.87. The molecule has 0 unspecified atom stereocenters. The van der Waals surface area contributed by atoms with E-state index in [0.29, 0.717) is 22.7 Å².